The van der Waals surface area contributed by atoms with E-state index in [1.54, 1.807) is 32.1 Å². The zero-order chi connectivity index (χ0) is 16.3. The predicted octanol–water partition coefficient (Wildman–Crippen LogP) is 5.57. The monoisotopic (exact) mass is 383 g/mol. The SMILES string of the molecule is C=Cc1c(C)oc(C(=O)OCC)c1Nc1ccc(Br)cc1Cl. The molecule has 1 aromatic carbocycles. The van der Waals surface area contributed by atoms with Crippen molar-refractivity contribution >= 4 is 51.0 Å². The molecule has 0 aliphatic rings. The normalized spacial score (nSPS) is 10.4. The molecule has 0 saturated heterocycles. The lowest BCUT2D eigenvalue weighted by Crippen LogP contribution is -2.06. The number of anilines is 2. The number of benzene rings is 1. The van der Waals surface area contributed by atoms with Crippen LogP contribution in [0.3, 0.4) is 0 Å². The van der Waals surface area contributed by atoms with E-state index < -0.39 is 5.97 Å². The minimum Gasteiger partial charge on any atom is -0.460 e. The third-order valence-electron chi connectivity index (χ3n) is 2.99. The van der Waals surface area contributed by atoms with Gasteiger partial charge in [0.15, 0.2) is 0 Å². The van der Waals surface area contributed by atoms with E-state index in [0.29, 0.717) is 27.7 Å². The molecule has 0 amide bonds. The molecule has 0 aliphatic carbocycles. The van der Waals surface area contributed by atoms with Crippen molar-refractivity contribution in [1.82, 2.24) is 0 Å². The molecule has 1 heterocycles. The summed E-state index contributed by atoms with van der Waals surface area (Å²) in [5, 5.41) is 3.64. The molecule has 0 aliphatic heterocycles. The molecule has 6 heteroatoms. The van der Waals surface area contributed by atoms with E-state index in [1.165, 1.54) is 0 Å². The second-order valence-electron chi connectivity index (χ2n) is 4.45. The Morgan fingerprint density at radius 3 is 2.86 bits per heavy atom. The summed E-state index contributed by atoms with van der Waals surface area (Å²) < 4.78 is 11.4. The second-order valence-corrected chi connectivity index (χ2v) is 5.77. The number of carbonyl (C=O) groups excluding carboxylic acids is 1. The molecule has 0 radical (unpaired) electrons. The summed E-state index contributed by atoms with van der Waals surface area (Å²) in [6.45, 7) is 7.52. The van der Waals surface area contributed by atoms with Crippen LogP contribution in [0.2, 0.25) is 5.02 Å². The standard InChI is InChI=1S/C16H15BrClNO3/c1-4-11-9(3)22-15(16(20)21-5-2)14(11)19-13-7-6-10(17)8-12(13)18/h4,6-8,19H,1,5H2,2-3H3. The first-order chi connectivity index (χ1) is 10.5. The maximum atomic E-state index is 12.0. The van der Waals surface area contributed by atoms with Crippen molar-refractivity contribution in [3.05, 3.63) is 51.4 Å². The minimum atomic E-state index is -0.533. The van der Waals surface area contributed by atoms with Crippen LogP contribution >= 0.6 is 27.5 Å². The average molecular weight is 385 g/mol. The fourth-order valence-corrected chi connectivity index (χ4v) is 2.71. The third kappa shape index (κ3) is 3.36. The Bertz CT molecular complexity index is 724. The summed E-state index contributed by atoms with van der Waals surface area (Å²) in [6.07, 6.45) is 1.62. The van der Waals surface area contributed by atoms with Gasteiger partial charge >= 0.3 is 5.97 Å². The maximum absolute atomic E-state index is 12.0. The summed E-state index contributed by atoms with van der Waals surface area (Å²) in [5.41, 5.74) is 1.84. The van der Waals surface area contributed by atoms with Crippen molar-refractivity contribution in [2.75, 3.05) is 11.9 Å². The lowest BCUT2D eigenvalue weighted by molar-refractivity contribution is 0.0490. The molecule has 0 spiro atoms. The zero-order valence-corrected chi connectivity index (χ0v) is 14.5. The first-order valence-corrected chi connectivity index (χ1v) is 7.80. The molecule has 0 saturated carbocycles. The third-order valence-corrected chi connectivity index (χ3v) is 3.79. The van der Waals surface area contributed by atoms with E-state index >= 15 is 0 Å². The molecule has 0 bridgehead atoms. The smallest absolute Gasteiger partial charge is 0.376 e. The van der Waals surface area contributed by atoms with Gasteiger partial charge in [-0.1, -0.05) is 40.2 Å². The van der Waals surface area contributed by atoms with E-state index in [2.05, 4.69) is 27.8 Å². The number of esters is 1. The van der Waals surface area contributed by atoms with Gasteiger partial charge in [0.2, 0.25) is 5.76 Å². The van der Waals surface area contributed by atoms with Crippen molar-refractivity contribution in [2.45, 2.75) is 13.8 Å². The van der Waals surface area contributed by atoms with Crippen molar-refractivity contribution < 1.29 is 13.9 Å². The van der Waals surface area contributed by atoms with Gasteiger partial charge in [-0.15, -0.1) is 0 Å². The van der Waals surface area contributed by atoms with E-state index in [-0.39, 0.29) is 12.4 Å². The topological polar surface area (TPSA) is 51.5 Å². The fourth-order valence-electron chi connectivity index (χ4n) is 1.99. The molecule has 1 aromatic heterocycles. The Kier molecular flexibility index (Phi) is 5.32. The quantitative estimate of drug-likeness (QED) is 0.685. The Morgan fingerprint density at radius 2 is 2.27 bits per heavy atom. The Hall–Kier alpha value is -1.72. The summed E-state index contributed by atoms with van der Waals surface area (Å²) >= 11 is 9.56. The van der Waals surface area contributed by atoms with E-state index in [0.717, 1.165) is 4.47 Å². The molecule has 22 heavy (non-hydrogen) atoms. The summed E-state index contributed by atoms with van der Waals surface area (Å²) in [6, 6.07) is 5.41. The first-order valence-electron chi connectivity index (χ1n) is 6.63. The van der Waals surface area contributed by atoms with Crippen LogP contribution in [0, 0.1) is 6.92 Å². The number of carbonyl (C=O) groups is 1. The summed E-state index contributed by atoms with van der Waals surface area (Å²) in [7, 11) is 0. The number of hydrogen-bond donors (Lipinski definition) is 1. The van der Waals surface area contributed by atoms with Gasteiger partial charge in [-0.2, -0.15) is 0 Å². The van der Waals surface area contributed by atoms with Gasteiger partial charge in [0.05, 0.1) is 17.3 Å². The van der Waals surface area contributed by atoms with Gasteiger partial charge in [0, 0.05) is 10.0 Å². The fraction of sp³-hybridized carbons (Fsp3) is 0.188. The van der Waals surface area contributed by atoms with Crippen LogP contribution < -0.4 is 5.32 Å². The molecule has 116 valence electrons. The van der Waals surface area contributed by atoms with Crippen LogP contribution in [0.25, 0.3) is 6.08 Å². The number of furan rings is 1. The number of hydrogen-bond acceptors (Lipinski definition) is 4. The molecule has 0 unspecified atom stereocenters. The highest BCUT2D eigenvalue weighted by atomic mass is 79.9. The summed E-state index contributed by atoms with van der Waals surface area (Å²) in [5.74, 6) is 0.149. The molecule has 0 atom stereocenters. The van der Waals surface area contributed by atoms with E-state index in [1.807, 2.05) is 6.07 Å². The van der Waals surface area contributed by atoms with E-state index in [4.69, 9.17) is 20.8 Å². The van der Waals surface area contributed by atoms with Crippen LogP contribution in [0.4, 0.5) is 11.4 Å². The van der Waals surface area contributed by atoms with Crippen LogP contribution in [0.1, 0.15) is 28.8 Å². The largest absolute Gasteiger partial charge is 0.460 e. The molecule has 2 rings (SSSR count). The van der Waals surface area contributed by atoms with Crippen LogP contribution in [-0.2, 0) is 4.74 Å². The first kappa shape index (κ1) is 16.6. The number of halogens is 2. The highest BCUT2D eigenvalue weighted by Gasteiger charge is 2.23. The maximum Gasteiger partial charge on any atom is 0.376 e. The highest BCUT2D eigenvalue weighted by molar-refractivity contribution is 9.10. The van der Waals surface area contributed by atoms with Crippen molar-refractivity contribution in [2.24, 2.45) is 0 Å². The minimum absolute atomic E-state index is 0.105. The average Bonchev–Trinajstić information content (AvgIpc) is 2.78. The van der Waals surface area contributed by atoms with Gasteiger partial charge in [-0.25, -0.2) is 4.79 Å². The zero-order valence-electron chi connectivity index (χ0n) is 12.2. The Balaban J connectivity index is 2.48. The van der Waals surface area contributed by atoms with Gasteiger partial charge in [0.1, 0.15) is 11.4 Å². The lowest BCUT2D eigenvalue weighted by Gasteiger charge is -2.10. The number of aryl methyl sites for hydroxylation is 1. The number of ether oxygens (including phenoxy) is 1. The van der Waals surface area contributed by atoms with Gasteiger partial charge < -0.3 is 14.5 Å². The van der Waals surface area contributed by atoms with Gasteiger partial charge in [-0.05, 0) is 32.0 Å². The lowest BCUT2D eigenvalue weighted by atomic mass is 10.2. The highest BCUT2D eigenvalue weighted by Crippen LogP contribution is 2.35. The van der Waals surface area contributed by atoms with Crippen LogP contribution in [0.5, 0.6) is 0 Å². The number of rotatable bonds is 5. The number of nitrogens with one attached hydrogen (secondary N) is 1. The molecular weight excluding hydrogens is 370 g/mol. The molecule has 2 aromatic rings. The Labute approximate surface area is 142 Å². The van der Waals surface area contributed by atoms with Crippen LogP contribution in [0.15, 0.2) is 33.7 Å². The van der Waals surface area contributed by atoms with Crippen molar-refractivity contribution in [3.8, 4) is 0 Å². The predicted molar refractivity (Wildman–Crippen MR) is 91.9 cm³/mol. The van der Waals surface area contributed by atoms with Crippen LogP contribution in [-0.4, -0.2) is 12.6 Å². The molecule has 4 nitrogen and oxygen atoms in total. The molecular formula is C16H15BrClNO3. The van der Waals surface area contributed by atoms with Gasteiger partial charge in [-0.3, -0.25) is 0 Å². The molecule has 0 fully saturated rings. The summed E-state index contributed by atoms with van der Waals surface area (Å²) in [4.78, 5) is 12.0. The van der Waals surface area contributed by atoms with Crippen molar-refractivity contribution in [1.29, 1.82) is 0 Å². The van der Waals surface area contributed by atoms with E-state index in [9.17, 15) is 4.79 Å². The molecule has 1 N–H and O–H groups in total. The van der Waals surface area contributed by atoms with Gasteiger partial charge in [0.25, 0.3) is 0 Å². The van der Waals surface area contributed by atoms with Crippen molar-refractivity contribution in [3.63, 3.8) is 0 Å². The second kappa shape index (κ2) is 7.03. The Morgan fingerprint density at radius 1 is 1.55 bits per heavy atom.